The summed E-state index contributed by atoms with van der Waals surface area (Å²) in [7, 11) is 0. The van der Waals surface area contributed by atoms with Crippen molar-refractivity contribution in [3.05, 3.63) is 23.8 Å². The van der Waals surface area contributed by atoms with Crippen LogP contribution in [0.25, 0.3) is 0 Å². The lowest BCUT2D eigenvalue weighted by Crippen LogP contribution is -2.52. The van der Waals surface area contributed by atoms with E-state index in [2.05, 4.69) is 5.32 Å². The summed E-state index contributed by atoms with van der Waals surface area (Å²) in [6.45, 7) is 2.91. The van der Waals surface area contributed by atoms with Gasteiger partial charge in [0.1, 0.15) is 17.0 Å². The molecule has 0 saturated carbocycles. The predicted octanol–water partition coefficient (Wildman–Crippen LogP) is 0.0915. The summed E-state index contributed by atoms with van der Waals surface area (Å²) in [6.07, 6.45) is 0. The molecule has 0 bridgehead atoms. The molecule has 0 radical (unpaired) electrons. The Hall–Kier alpha value is -2.24. The number of primary amides is 1. The Morgan fingerprint density at radius 2 is 1.65 bits per heavy atom. The third-order valence-electron chi connectivity index (χ3n) is 2.21. The Morgan fingerprint density at radius 3 is 2.06 bits per heavy atom. The number of hydrogen-bond acceptors (Lipinski definition) is 4. The number of nitrogens with one attached hydrogen (secondary N) is 1. The van der Waals surface area contributed by atoms with Gasteiger partial charge in [0.25, 0.3) is 5.91 Å². The monoisotopic (exact) mass is 238 g/mol. The molecule has 17 heavy (non-hydrogen) atoms. The fourth-order valence-corrected chi connectivity index (χ4v) is 1.14. The van der Waals surface area contributed by atoms with Crippen molar-refractivity contribution < 1.29 is 19.8 Å². The molecule has 2 amide bonds. The van der Waals surface area contributed by atoms with E-state index >= 15 is 0 Å². The smallest absolute Gasteiger partial charge is 0.252 e. The van der Waals surface area contributed by atoms with Crippen LogP contribution in [0.3, 0.4) is 0 Å². The van der Waals surface area contributed by atoms with Gasteiger partial charge in [0, 0.05) is 11.6 Å². The van der Waals surface area contributed by atoms with E-state index < -0.39 is 17.4 Å². The van der Waals surface area contributed by atoms with Crippen molar-refractivity contribution >= 4 is 11.8 Å². The van der Waals surface area contributed by atoms with E-state index in [0.717, 1.165) is 6.07 Å². The molecule has 0 aromatic heterocycles. The molecule has 0 aliphatic heterocycles. The summed E-state index contributed by atoms with van der Waals surface area (Å²) in [5, 5.41) is 20.8. The molecule has 1 aromatic carbocycles. The van der Waals surface area contributed by atoms with Gasteiger partial charge in [0.05, 0.1) is 0 Å². The second-order valence-corrected chi connectivity index (χ2v) is 4.18. The SMILES string of the molecule is CC(C)(NC(=O)c1cc(O)cc(O)c1)C(N)=O. The van der Waals surface area contributed by atoms with Gasteiger partial charge in [-0.15, -0.1) is 0 Å². The van der Waals surface area contributed by atoms with Crippen LogP contribution in [0.1, 0.15) is 24.2 Å². The van der Waals surface area contributed by atoms with E-state index in [1.807, 2.05) is 0 Å². The molecule has 0 unspecified atom stereocenters. The van der Waals surface area contributed by atoms with E-state index in [9.17, 15) is 19.8 Å². The van der Waals surface area contributed by atoms with Crippen LogP contribution in [0.4, 0.5) is 0 Å². The number of amides is 2. The topological polar surface area (TPSA) is 113 Å². The minimum atomic E-state index is -1.21. The lowest BCUT2D eigenvalue weighted by Gasteiger charge is -2.22. The van der Waals surface area contributed by atoms with Crippen molar-refractivity contribution in [2.24, 2.45) is 5.73 Å². The number of hydrogen-bond donors (Lipinski definition) is 4. The van der Waals surface area contributed by atoms with Crippen LogP contribution in [0.15, 0.2) is 18.2 Å². The van der Waals surface area contributed by atoms with Crippen LogP contribution < -0.4 is 11.1 Å². The Morgan fingerprint density at radius 1 is 1.18 bits per heavy atom. The van der Waals surface area contributed by atoms with Crippen LogP contribution in [0.5, 0.6) is 11.5 Å². The molecule has 92 valence electrons. The molecule has 0 heterocycles. The number of carbonyl (C=O) groups is 2. The highest BCUT2D eigenvalue weighted by Gasteiger charge is 2.27. The Labute approximate surface area is 98.1 Å². The maximum absolute atomic E-state index is 11.7. The van der Waals surface area contributed by atoms with Crippen LogP contribution in [-0.2, 0) is 4.79 Å². The summed E-state index contributed by atoms with van der Waals surface area (Å²) >= 11 is 0. The van der Waals surface area contributed by atoms with E-state index in [1.54, 1.807) is 0 Å². The van der Waals surface area contributed by atoms with Crippen LogP contribution >= 0.6 is 0 Å². The van der Waals surface area contributed by atoms with Gasteiger partial charge in [-0.2, -0.15) is 0 Å². The lowest BCUT2D eigenvalue weighted by atomic mass is 10.0. The summed E-state index contributed by atoms with van der Waals surface area (Å²) in [5.74, 6) is -1.78. The number of benzene rings is 1. The predicted molar refractivity (Wildman–Crippen MR) is 60.5 cm³/mol. The molecule has 0 aliphatic rings. The summed E-state index contributed by atoms with van der Waals surface area (Å²) in [6, 6.07) is 3.44. The maximum atomic E-state index is 11.7. The largest absolute Gasteiger partial charge is 0.508 e. The fourth-order valence-electron chi connectivity index (χ4n) is 1.14. The van der Waals surface area contributed by atoms with Crippen molar-refractivity contribution in [2.75, 3.05) is 0 Å². The first-order valence-corrected chi connectivity index (χ1v) is 4.88. The number of rotatable bonds is 3. The molecule has 6 heteroatoms. The third kappa shape index (κ3) is 3.10. The molecule has 1 aromatic rings. The average Bonchev–Trinajstić information content (AvgIpc) is 2.15. The van der Waals surface area contributed by atoms with Gasteiger partial charge < -0.3 is 21.3 Å². The third-order valence-corrected chi connectivity index (χ3v) is 2.21. The first kappa shape index (κ1) is 12.8. The van der Waals surface area contributed by atoms with Crippen LogP contribution in [0, 0.1) is 0 Å². The van der Waals surface area contributed by atoms with Gasteiger partial charge in [-0.1, -0.05) is 0 Å². The Balaban J connectivity index is 2.94. The molecule has 0 atom stereocenters. The van der Waals surface area contributed by atoms with E-state index in [-0.39, 0.29) is 17.1 Å². The fraction of sp³-hybridized carbons (Fsp3) is 0.273. The van der Waals surface area contributed by atoms with Crippen molar-refractivity contribution in [3.63, 3.8) is 0 Å². The van der Waals surface area contributed by atoms with Crippen molar-refractivity contribution in [2.45, 2.75) is 19.4 Å². The van der Waals surface area contributed by atoms with E-state index in [4.69, 9.17) is 5.73 Å². The first-order valence-electron chi connectivity index (χ1n) is 4.88. The van der Waals surface area contributed by atoms with Gasteiger partial charge in [-0.25, -0.2) is 0 Å². The number of carbonyl (C=O) groups excluding carboxylic acids is 2. The highest BCUT2D eigenvalue weighted by atomic mass is 16.3. The molecular weight excluding hydrogens is 224 g/mol. The summed E-state index contributed by atoms with van der Waals surface area (Å²) in [4.78, 5) is 22.8. The molecule has 0 aliphatic carbocycles. The van der Waals surface area contributed by atoms with Crippen LogP contribution in [0.2, 0.25) is 0 Å². The van der Waals surface area contributed by atoms with Gasteiger partial charge in [-0.3, -0.25) is 9.59 Å². The zero-order valence-corrected chi connectivity index (χ0v) is 9.52. The Kier molecular flexibility index (Phi) is 3.26. The van der Waals surface area contributed by atoms with Gasteiger partial charge >= 0.3 is 0 Å². The lowest BCUT2D eigenvalue weighted by molar-refractivity contribution is -0.122. The molecule has 0 fully saturated rings. The zero-order chi connectivity index (χ0) is 13.2. The number of nitrogens with two attached hydrogens (primary N) is 1. The second-order valence-electron chi connectivity index (χ2n) is 4.18. The van der Waals surface area contributed by atoms with Gasteiger partial charge in [0.2, 0.25) is 5.91 Å². The minimum Gasteiger partial charge on any atom is -0.508 e. The first-order chi connectivity index (χ1) is 7.72. The summed E-state index contributed by atoms with van der Waals surface area (Å²) < 4.78 is 0. The standard InChI is InChI=1S/C11H14N2O4/c1-11(2,10(12)17)13-9(16)6-3-7(14)5-8(15)4-6/h3-5,14-15H,1-2H3,(H2,12,17)(H,13,16). The summed E-state index contributed by atoms with van der Waals surface area (Å²) in [5.41, 5.74) is 3.93. The molecular formula is C11H14N2O4. The molecule has 0 spiro atoms. The highest BCUT2D eigenvalue weighted by Crippen LogP contribution is 2.20. The number of aromatic hydroxyl groups is 2. The molecule has 0 saturated heterocycles. The van der Waals surface area contributed by atoms with Crippen LogP contribution in [-0.4, -0.2) is 27.6 Å². The quantitative estimate of drug-likeness (QED) is 0.597. The van der Waals surface area contributed by atoms with Gasteiger partial charge in [0.15, 0.2) is 0 Å². The molecule has 5 N–H and O–H groups in total. The average molecular weight is 238 g/mol. The minimum absolute atomic E-state index is 0.0387. The number of phenols is 2. The normalized spacial score (nSPS) is 10.9. The Bertz CT molecular complexity index is 448. The van der Waals surface area contributed by atoms with Crippen molar-refractivity contribution in [1.82, 2.24) is 5.32 Å². The highest BCUT2D eigenvalue weighted by molar-refractivity contribution is 5.99. The maximum Gasteiger partial charge on any atom is 0.252 e. The van der Waals surface area contributed by atoms with Crippen molar-refractivity contribution in [1.29, 1.82) is 0 Å². The van der Waals surface area contributed by atoms with E-state index in [1.165, 1.54) is 26.0 Å². The zero-order valence-electron chi connectivity index (χ0n) is 9.52. The van der Waals surface area contributed by atoms with Crippen molar-refractivity contribution in [3.8, 4) is 11.5 Å². The van der Waals surface area contributed by atoms with E-state index in [0.29, 0.717) is 0 Å². The molecule has 1 rings (SSSR count). The molecule has 6 nitrogen and oxygen atoms in total. The van der Waals surface area contributed by atoms with Gasteiger partial charge in [-0.05, 0) is 26.0 Å². The second kappa shape index (κ2) is 4.32. The number of phenolic OH excluding ortho intramolecular Hbond substituents is 2.